The molecule has 12 heteroatoms. The van der Waals surface area contributed by atoms with Crippen molar-refractivity contribution >= 4 is 34.1 Å². The summed E-state index contributed by atoms with van der Waals surface area (Å²) < 4.78 is 23.1. The van der Waals surface area contributed by atoms with E-state index < -0.39 is 24.3 Å². The van der Waals surface area contributed by atoms with Crippen LogP contribution in [0.1, 0.15) is 36.6 Å². The lowest BCUT2D eigenvalue weighted by molar-refractivity contribution is -0.136. The second-order valence-corrected chi connectivity index (χ2v) is 10.2. The van der Waals surface area contributed by atoms with Gasteiger partial charge in [0.15, 0.2) is 17.7 Å². The number of urea groups is 1. The normalized spacial score (nSPS) is 15.4. The van der Waals surface area contributed by atoms with Crippen LogP contribution in [0.4, 0.5) is 4.79 Å². The maximum Gasteiger partial charge on any atom is 0.337 e. The highest BCUT2D eigenvalue weighted by atomic mass is 79.9. The summed E-state index contributed by atoms with van der Waals surface area (Å²) in [5.41, 5.74) is 5.75. The Bertz CT molecular complexity index is 1500. The number of nitrogens with zero attached hydrogens (tertiary/aromatic N) is 1. The van der Waals surface area contributed by atoms with Crippen molar-refractivity contribution in [2.24, 2.45) is 5.10 Å². The molecule has 1 aliphatic rings. The first-order valence-corrected chi connectivity index (χ1v) is 14.3. The molecule has 4 rings (SSSR count). The number of hydrogen-bond donors (Lipinski definition) is 4. The molecule has 1 heterocycles. The van der Waals surface area contributed by atoms with Crippen LogP contribution in [-0.4, -0.2) is 49.9 Å². The molecule has 3 aromatic rings. The van der Waals surface area contributed by atoms with Gasteiger partial charge in [0.25, 0.3) is 0 Å². The zero-order valence-corrected chi connectivity index (χ0v) is 25.5. The van der Waals surface area contributed by atoms with Crippen molar-refractivity contribution in [3.05, 3.63) is 99.2 Å². The van der Waals surface area contributed by atoms with Crippen molar-refractivity contribution in [3.63, 3.8) is 0 Å². The van der Waals surface area contributed by atoms with Gasteiger partial charge in [0, 0.05) is 5.70 Å². The molecule has 0 saturated heterocycles. The van der Waals surface area contributed by atoms with Crippen LogP contribution < -0.4 is 30.3 Å². The molecule has 0 saturated carbocycles. The Morgan fingerprint density at radius 1 is 1.07 bits per heavy atom. The Balaban J connectivity index is 1.35. The van der Waals surface area contributed by atoms with Crippen LogP contribution in [0.5, 0.6) is 17.2 Å². The number of benzene rings is 3. The summed E-state index contributed by atoms with van der Waals surface area (Å²) in [5, 5.41) is 19.8. The second kappa shape index (κ2) is 15.1. The Kier molecular flexibility index (Phi) is 11.0. The van der Waals surface area contributed by atoms with Gasteiger partial charge in [0.2, 0.25) is 0 Å². The smallest absolute Gasteiger partial charge is 0.337 e. The first kappa shape index (κ1) is 31.4. The van der Waals surface area contributed by atoms with Crippen molar-refractivity contribution < 1.29 is 33.6 Å². The van der Waals surface area contributed by atoms with Gasteiger partial charge in [-0.2, -0.15) is 5.10 Å². The van der Waals surface area contributed by atoms with E-state index >= 15 is 0 Å². The zero-order valence-electron chi connectivity index (χ0n) is 23.9. The monoisotopic (exact) mass is 652 g/mol. The number of hydrogen-bond acceptors (Lipinski definition) is 9. The summed E-state index contributed by atoms with van der Waals surface area (Å²) in [7, 11) is 1.28. The molecule has 0 aliphatic carbocycles. The van der Waals surface area contributed by atoms with Crippen LogP contribution in [0, 0.1) is 0 Å². The van der Waals surface area contributed by atoms with Crippen molar-refractivity contribution in [2.75, 3.05) is 20.3 Å². The zero-order chi connectivity index (χ0) is 30.8. The molecule has 1 aliphatic heterocycles. The third kappa shape index (κ3) is 8.49. The third-order valence-electron chi connectivity index (χ3n) is 6.30. The van der Waals surface area contributed by atoms with E-state index in [9.17, 15) is 14.7 Å². The van der Waals surface area contributed by atoms with Crippen LogP contribution >= 0.6 is 15.9 Å². The quantitative estimate of drug-likeness (QED) is 0.0913. The number of rotatable bonds is 13. The lowest BCUT2D eigenvalue weighted by atomic mass is 9.95. The fraction of sp³-hybridized carbons (Fsp3) is 0.258. The van der Waals surface area contributed by atoms with Crippen molar-refractivity contribution in [2.45, 2.75) is 32.7 Å². The summed E-state index contributed by atoms with van der Waals surface area (Å²) >= 11 is 3.52. The standard InChI is InChI=1S/C31H33BrN4O7/c1-4-41-26-15-22(29-28(30(38)40-3)19(2)34-31(39)35-29)11-13-25(26)43-18-27(37)36-33-16-21-10-12-24(23(32)14-21)42-17-20-8-6-5-7-9-20/h5-16,27,29,36-37H,4,17-18H2,1-3H3,(H2,34,35,39)/b33-16-/t27-,29-/m1/s1. The lowest BCUT2D eigenvalue weighted by Gasteiger charge is -2.28. The van der Waals surface area contributed by atoms with Crippen LogP contribution in [0.25, 0.3) is 0 Å². The molecular formula is C31H33BrN4O7. The van der Waals surface area contributed by atoms with Crippen molar-refractivity contribution in [1.82, 2.24) is 16.1 Å². The summed E-state index contributed by atoms with van der Waals surface area (Å²) in [6, 6.07) is 19.3. The molecule has 0 fully saturated rings. The van der Waals surface area contributed by atoms with E-state index in [0.717, 1.165) is 15.6 Å². The minimum atomic E-state index is -1.12. The highest BCUT2D eigenvalue weighted by Crippen LogP contribution is 2.35. The Morgan fingerprint density at radius 3 is 2.56 bits per heavy atom. The number of amides is 2. The number of carbonyl (C=O) groups is 2. The van der Waals surface area contributed by atoms with Crippen LogP contribution in [-0.2, 0) is 16.1 Å². The van der Waals surface area contributed by atoms with Gasteiger partial charge in [-0.25, -0.2) is 9.59 Å². The van der Waals surface area contributed by atoms with Gasteiger partial charge in [-0.15, -0.1) is 0 Å². The molecule has 0 aromatic heterocycles. The summed E-state index contributed by atoms with van der Waals surface area (Å²) in [6.07, 6.45) is 0.444. The molecule has 2 amide bonds. The Labute approximate surface area is 258 Å². The molecule has 43 heavy (non-hydrogen) atoms. The number of carbonyl (C=O) groups excluding carboxylic acids is 2. The van der Waals surface area contributed by atoms with E-state index in [1.165, 1.54) is 7.11 Å². The van der Waals surface area contributed by atoms with E-state index in [0.29, 0.717) is 41.7 Å². The first-order valence-electron chi connectivity index (χ1n) is 13.5. The largest absolute Gasteiger partial charge is 0.490 e. The van der Waals surface area contributed by atoms with Gasteiger partial charge < -0.3 is 34.7 Å². The fourth-order valence-corrected chi connectivity index (χ4v) is 4.78. The van der Waals surface area contributed by atoms with Gasteiger partial charge >= 0.3 is 12.0 Å². The lowest BCUT2D eigenvalue weighted by Crippen LogP contribution is -2.45. The molecule has 0 spiro atoms. The number of methoxy groups -OCH3 is 1. The first-order chi connectivity index (χ1) is 20.8. The molecule has 0 radical (unpaired) electrons. The predicted molar refractivity (Wildman–Crippen MR) is 164 cm³/mol. The molecule has 0 unspecified atom stereocenters. The highest BCUT2D eigenvalue weighted by Gasteiger charge is 2.32. The number of ether oxygens (including phenoxy) is 4. The second-order valence-electron chi connectivity index (χ2n) is 9.38. The summed E-state index contributed by atoms with van der Waals surface area (Å²) in [6.45, 7) is 4.11. The van der Waals surface area contributed by atoms with Gasteiger partial charge in [-0.3, -0.25) is 5.43 Å². The van der Waals surface area contributed by atoms with Crippen molar-refractivity contribution in [1.29, 1.82) is 0 Å². The molecule has 226 valence electrons. The van der Waals surface area contributed by atoms with Gasteiger partial charge in [-0.1, -0.05) is 36.4 Å². The Morgan fingerprint density at radius 2 is 1.84 bits per heavy atom. The topological polar surface area (TPSA) is 140 Å². The average Bonchev–Trinajstić information content (AvgIpc) is 3.00. The predicted octanol–water partition coefficient (Wildman–Crippen LogP) is 4.55. The van der Waals surface area contributed by atoms with Crippen LogP contribution in [0.3, 0.4) is 0 Å². The number of allylic oxidation sites excluding steroid dienone is 1. The molecule has 0 bridgehead atoms. The maximum absolute atomic E-state index is 12.4. The minimum Gasteiger partial charge on any atom is -0.490 e. The maximum atomic E-state index is 12.4. The van der Waals surface area contributed by atoms with E-state index in [2.05, 4.69) is 37.1 Å². The average molecular weight is 654 g/mol. The molecule has 11 nitrogen and oxygen atoms in total. The van der Waals surface area contributed by atoms with Crippen molar-refractivity contribution in [3.8, 4) is 17.2 Å². The van der Waals surface area contributed by atoms with E-state index in [-0.39, 0.29) is 12.2 Å². The summed E-state index contributed by atoms with van der Waals surface area (Å²) in [4.78, 5) is 24.6. The minimum absolute atomic E-state index is 0.136. The molecular weight excluding hydrogens is 620 g/mol. The third-order valence-corrected chi connectivity index (χ3v) is 6.92. The molecule has 2 atom stereocenters. The number of esters is 1. The summed E-state index contributed by atoms with van der Waals surface area (Å²) in [5.74, 6) is 0.882. The van der Waals surface area contributed by atoms with E-state index in [4.69, 9.17) is 18.9 Å². The number of nitrogens with one attached hydrogen (secondary N) is 3. The van der Waals surface area contributed by atoms with E-state index in [1.54, 1.807) is 31.3 Å². The number of halogens is 1. The highest BCUT2D eigenvalue weighted by molar-refractivity contribution is 9.10. The number of hydrazone groups is 1. The van der Waals surface area contributed by atoms with Gasteiger partial charge in [-0.05, 0) is 76.8 Å². The van der Waals surface area contributed by atoms with Gasteiger partial charge in [0.05, 0.1) is 36.0 Å². The number of aliphatic hydroxyl groups is 1. The van der Waals surface area contributed by atoms with Crippen LogP contribution in [0.15, 0.2) is 87.6 Å². The molecule has 3 aromatic carbocycles. The molecule has 4 N–H and O–H groups in total. The Hall–Kier alpha value is -4.55. The van der Waals surface area contributed by atoms with Gasteiger partial charge in [0.1, 0.15) is 19.0 Å². The van der Waals surface area contributed by atoms with Crippen LogP contribution in [0.2, 0.25) is 0 Å². The number of aliphatic hydroxyl groups excluding tert-OH is 1. The fourth-order valence-electron chi connectivity index (χ4n) is 4.27. The van der Waals surface area contributed by atoms with E-state index in [1.807, 2.05) is 55.5 Å². The SMILES string of the molecule is CCOc1cc([C@H]2NC(=O)NC(C)=C2C(=O)OC)ccc1OC[C@@H](O)N/N=C\c1ccc(OCc2ccccc2)c(Br)c1.